The third-order valence-corrected chi connectivity index (χ3v) is 3.41. The van der Waals surface area contributed by atoms with Gasteiger partial charge in [-0.1, -0.05) is 20.8 Å². The first kappa shape index (κ1) is 18.5. The van der Waals surface area contributed by atoms with E-state index in [2.05, 4.69) is 0 Å². The van der Waals surface area contributed by atoms with Gasteiger partial charge in [0, 0.05) is 0 Å². The smallest absolute Gasteiger partial charge is 0.371 e. The summed E-state index contributed by atoms with van der Waals surface area (Å²) in [6, 6.07) is 0. The van der Waals surface area contributed by atoms with E-state index in [1.807, 2.05) is 0 Å². The summed E-state index contributed by atoms with van der Waals surface area (Å²) in [5.74, 6) is 0. The minimum atomic E-state index is -5.94. The van der Waals surface area contributed by atoms with Crippen LogP contribution in [-0.4, -0.2) is 41.1 Å². The van der Waals surface area contributed by atoms with Crippen molar-refractivity contribution in [1.29, 1.82) is 0 Å². The van der Waals surface area contributed by atoms with Gasteiger partial charge in [0.2, 0.25) is 0 Å². The van der Waals surface area contributed by atoms with Crippen LogP contribution in [0.5, 0.6) is 0 Å². The number of ether oxygens (including phenoxy) is 2. The first-order chi connectivity index (χ1) is 8.95. The number of aliphatic hydroxyl groups is 1. The molecule has 0 amide bonds. The topological polar surface area (TPSA) is 42.0 Å². The Morgan fingerprint density at radius 1 is 0.857 bits per heavy atom. The Morgan fingerprint density at radius 2 is 1.24 bits per heavy atom. The molecule has 1 heterocycles. The summed E-state index contributed by atoms with van der Waals surface area (Å²) in [7, 11) is 0. The molecule has 0 radical (unpaired) electrons. The van der Waals surface area contributed by atoms with Gasteiger partial charge in [0.25, 0.3) is 5.60 Å². The highest BCUT2D eigenvalue weighted by Crippen LogP contribution is 2.52. The summed E-state index contributed by atoms with van der Waals surface area (Å²) in [6.07, 6.45) is -13.7. The average Bonchev–Trinajstić information content (AvgIpc) is 2.90. The molecule has 2 atom stereocenters. The molecular weight excluding hydrogens is 306 g/mol. The molecule has 0 aromatic carbocycles. The fourth-order valence-corrected chi connectivity index (χ4v) is 2.02. The summed E-state index contributed by atoms with van der Waals surface area (Å²) in [6.45, 7) is 6.18. The van der Waals surface area contributed by atoms with Gasteiger partial charge in [-0.25, -0.2) is 0 Å². The lowest BCUT2D eigenvalue weighted by Crippen LogP contribution is -2.69. The van der Waals surface area contributed by atoms with Gasteiger partial charge in [0.05, 0.1) is 0 Å². The molecule has 1 N–H and O–H groups in total. The highest BCUT2D eigenvalue weighted by atomic mass is 19.4. The summed E-state index contributed by atoms with van der Waals surface area (Å²) in [4.78, 5) is 0. The number of alkyl halides is 6. The number of hydrogen-bond donors (Lipinski definition) is 1. The Morgan fingerprint density at radius 3 is 1.48 bits per heavy atom. The largest absolute Gasteiger partial charge is 0.429 e. The third kappa shape index (κ3) is 3.14. The molecular formula is C12H18F6O3. The predicted molar refractivity (Wildman–Crippen MR) is 60.3 cm³/mol. The molecule has 126 valence electrons. The molecule has 0 spiro atoms. The zero-order chi connectivity index (χ0) is 17.1. The van der Waals surface area contributed by atoms with Gasteiger partial charge in [-0.05, 0) is 19.3 Å². The Kier molecular flexibility index (Phi) is 4.17. The predicted octanol–water partition coefficient (Wildman–Crippen LogP) is 3.41. The molecule has 21 heavy (non-hydrogen) atoms. The Hall–Kier alpha value is -0.540. The van der Waals surface area contributed by atoms with Gasteiger partial charge in [-0.3, -0.25) is 0 Å². The highest BCUT2D eigenvalue weighted by Gasteiger charge is 2.78. The van der Waals surface area contributed by atoms with Crippen molar-refractivity contribution >= 4 is 0 Å². The second-order valence-electron chi connectivity index (χ2n) is 6.63. The number of halogens is 6. The van der Waals surface area contributed by atoms with Crippen LogP contribution in [0.1, 0.15) is 34.6 Å². The quantitative estimate of drug-likeness (QED) is 0.639. The molecule has 1 aliphatic heterocycles. The first-order valence-electron chi connectivity index (χ1n) is 6.14. The maximum absolute atomic E-state index is 12.8. The molecule has 3 nitrogen and oxygen atoms in total. The Balaban J connectivity index is 3.04. The van der Waals surface area contributed by atoms with Crippen LogP contribution in [0, 0.1) is 5.41 Å². The lowest BCUT2D eigenvalue weighted by Gasteiger charge is -2.43. The summed E-state index contributed by atoms with van der Waals surface area (Å²) in [5.41, 5.74) is -8.47. The van der Waals surface area contributed by atoms with Crippen LogP contribution < -0.4 is 0 Å². The monoisotopic (exact) mass is 324 g/mol. The van der Waals surface area contributed by atoms with Crippen LogP contribution in [0.4, 0.5) is 26.3 Å². The van der Waals surface area contributed by atoms with E-state index < -0.39 is 41.4 Å². The van der Waals surface area contributed by atoms with E-state index in [1.54, 1.807) is 20.8 Å². The normalized spacial score (nSPS) is 25.1. The van der Waals surface area contributed by atoms with Crippen LogP contribution in [-0.2, 0) is 9.47 Å². The second-order valence-corrected chi connectivity index (χ2v) is 6.63. The standard InChI is InChI=1S/C12H18F6O3/c1-8(2,3)6-7(20-6)21-9(4,5)10(19,11(13,14)15)12(16,17)18/h6-7,19H,1-5H3. The third-order valence-electron chi connectivity index (χ3n) is 3.41. The van der Waals surface area contributed by atoms with Crippen LogP contribution in [0.15, 0.2) is 0 Å². The molecule has 9 heteroatoms. The number of hydrogen-bond acceptors (Lipinski definition) is 3. The van der Waals surface area contributed by atoms with Gasteiger partial charge in [0.15, 0.2) is 6.29 Å². The van der Waals surface area contributed by atoms with E-state index in [0.717, 1.165) is 0 Å². The van der Waals surface area contributed by atoms with E-state index in [4.69, 9.17) is 9.47 Å². The SMILES string of the molecule is CC(C)(C)C1OC1OC(C)(C)C(O)(C(F)(F)F)C(F)(F)F. The van der Waals surface area contributed by atoms with Crippen molar-refractivity contribution in [3.8, 4) is 0 Å². The maximum atomic E-state index is 12.8. The second kappa shape index (κ2) is 4.73. The van der Waals surface area contributed by atoms with Crippen LogP contribution in [0.25, 0.3) is 0 Å². The lowest BCUT2D eigenvalue weighted by molar-refractivity contribution is -0.415. The van der Waals surface area contributed by atoms with Crippen molar-refractivity contribution in [3.05, 3.63) is 0 Å². The van der Waals surface area contributed by atoms with Crippen molar-refractivity contribution < 1.29 is 40.9 Å². The van der Waals surface area contributed by atoms with E-state index in [-0.39, 0.29) is 0 Å². The minimum absolute atomic E-state index is 0.505. The molecule has 2 unspecified atom stereocenters. The number of rotatable bonds is 3. The Bertz CT molecular complexity index is 379. The van der Waals surface area contributed by atoms with Crippen LogP contribution >= 0.6 is 0 Å². The van der Waals surface area contributed by atoms with Gasteiger partial charge >= 0.3 is 12.4 Å². The molecule has 1 aliphatic rings. The first-order valence-corrected chi connectivity index (χ1v) is 6.14. The molecule has 0 aromatic heterocycles. The van der Waals surface area contributed by atoms with Crippen molar-refractivity contribution in [2.24, 2.45) is 5.41 Å². The van der Waals surface area contributed by atoms with Crippen molar-refractivity contribution in [3.63, 3.8) is 0 Å². The van der Waals surface area contributed by atoms with E-state index in [9.17, 15) is 31.4 Å². The zero-order valence-corrected chi connectivity index (χ0v) is 12.2. The average molecular weight is 324 g/mol. The summed E-state index contributed by atoms with van der Waals surface area (Å²) >= 11 is 0. The van der Waals surface area contributed by atoms with Gasteiger partial charge in [0.1, 0.15) is 11.7 Å². The maximum Gasteiger partial charge on any atom is 0.429 e. The minimum Gasteiger partial charge on any atom is -0.371 e. The molecule has 0 aromatic rings. The fourth-order valence-electron chi connectivity index (χ4n) is 2.02. The summed E-state index contributed by atoms with van der Waals surface area (Å²) < 4.78 is 86.6. The van der Waals surface area contributed by atoms with Gasteiger partial charge in [-0.15, -0.1) is 0 Å². The molecule has 1 fully saturated rings. The molecule has 1 rings (SSSR count). The summed E-state index contributed by atoms with van der Waals surface area (Å²) in [5, 5.41) is 9.35. The Labute approximate surface area is 118 Å². The molecule has 0 aliphatic carbocycles. The lowest BCUT2D eigenvalue weighted by atomic mass is 9.83. The van der Waals surface area contributed by atoms with Crippen LogP contribution in [0.3, 0.4) is 0 Å². The van der Waals surface area contributed by atoms with E-state index in [0.29, 0.717) is 13.8 Å². The van der Waals surface area contributed by atoms with Gasteiger partial charge < -0.3 is 14.6 Å². The molecule has 1 saturated heterocycles. The van der Waals surface area contributed by atoms with Crippen molar-refractivity contribution in [2.45, 2.75) is 70.6 Å². The highest BCUT2D eigenvalue weighted by molar-refractivity contribution is 5.07. The molecule has 0 bridgehead atoms. The number of epoxide rings is 1. The van der Waals surface area contributed by atoms with E-state index in [1.165, 1.54) is 0 Å². The van der Waals surface area contributed by atoms with E-state index >= 15 is 0 Å². The fraction of sp³-hybridized carbons (Fsp3) is 1.00. The van der Waals surface area contributed by atoms with Crippen LogP contribution in [0.2, 0.25) is 0 Å². The molecule has 0 saturated carbocycles. The van der Waals surface area contributed by atoms with Crippen molar-refractivity contribution in [1.82, 2.24) is 0 Å². The zero-order valence-electron chi connectivity index (χ0n) is 12.2. The van der Waals surface area contributed by atoms with Gasteiger partial charge in [-0.2, -0.15) is 26.3 Å². The van der Waals surface area contributed by atoms with Crippen molar-refractivity contribution in [2.75, 3.05) is 0 Å².